The van der Waals surface area contributed by atoms with E-state index in [9.17, 15) is 9.18 Å². The lowest BCUT2D eigenvalue weighted by Gasteiger charge is -2.06. The van der Waals surface area contributed by atoms with Gasteiger partial charge in [0.05, 0.1) is 0 Å². The first-order valence-corrected chi connectivity index (χ1v) is 6.43. The van der Waals surface area contributed by atoms with Crippen LogP contribution in [-0.2, 0) is 6.54 Å². The molecule has 1 heterocycles. The molecule has 0 unspecified atom stereocenters. The Morgan fingerprint density at radius 3 is 2.94 bits per heavy atom. The summed E-state index contributed by atoms with van der Waals surface area (Å²) in [4.78, 5) is 16.4. The zero-order valence-electron chi connectivity index (χ0n) is 9.86. The molecule has 2 aromatic rings. The molecule has 0 aliphatic carbocycles. The predicted molar refractivity (Wildman–Crippen MR) is 70.1 cm³/mol. The summed E-state index contributed by atoms with van der Waals surface area (Å²) in [6, 6.07) is 4.01. The largest absolute Gasteiger partial charge is 0.328 e. The molecule has 18 heavy (non-hydrogen) atoms. The molecule has 0 aliphatic rings. The number of halogens is 2. The third-order valence-corrected chi connectivity index (χ3v) is 3.21. The minimum atomic E-state index is -0.379. The standard InChI is InChI=1S/C13H12BrFN2O/c1-2-6-17-7-5-16-13(17)12(18)10-4-3-9(15)8-11(10)14/h3-5,7-8H,2,6H2,1H3. The lowest BCUT2D eigenvalue weighted by Crippen LogP contribution is -2.11. The van der Waals surface area contributed by atoms with Crippen LogP contribution in [-0.4, -0.2) is 15.3 Å². The monoisotopic (exact) mass is 310 g/mol. The van der Waals surface area contributed by atoms with Crippen molar-refractivity contribution in [1.82, 2.24) is 9.55 Å². The molecule has 0 atom stereocenters. The van der Waals surface area contributed by atoms with Gasteiger partial charge in [-0.1, -0.05) is 6.92 Å². The van der Waals surface area contributed by atoms with Gasteiger partial charge in [-0.05, 0) is 40.5 Å². The zero-order chi connectivity index (χ0) is 13.1. The second-order valence-corrected chi connectivity index (χ2v) is 4.75. The number of carbonyl (C=O) groups excluding carboxylic acids is 1. The zero-order valence-corrected chi connectivity index (χ0v) is 11.4. The van der Waals surface area contributed by atoms with Crippen LogP contribution in [0.2, 0.25) is 0 Å². The van der Waals surface area contributed by atoms with Crippen LogP contribution < -0.4 is 0 Å². The Labute approximate surface area is 113 Å². The summed E-state index contributed by atoms with van der Waals surface area (Å²) < 4.78 is 15.2. The Bertz CT molecular complexity index is 580. The molecule has 0 saturated carbocycles. The molecule has 94 valence electrons. The van der Waals surface area contributed by atoms with Gasteiger partial charge >= 0.3 is 0 Å². The number of benzene rings is 1. The number of ketones is 1. The van der Waals surface area contributed by atoms with Crippen molar-refractivity contribution in [2.75, 3.05) is 0 Å². The number of imidazole rings is 1. The van der Waals surface area contributed by atoms with Crippen molar-refractivity contribution >= 4 is 21.7 Å². The molecule has 0 radical (unpaired) electrons. The molecule has 5 heteroatoms. The molecular formula is C13H12BrFN2O. The van der Waals surface area contributed by atoms with E-state index in [4.69, 9.17) is 0 Å². The Kier molecular flexibility index (Phi) is 3.91. The van der Waals surface area contributed by atoms with E-state index in [0.29, 0.717) is 15.9 Å². The number of nitrogens with zero attached hydrogens (tertiary/aromatic N) is 2. The van der Waals surface area contributed by atoms with Gasteiger partial charge < -0.3 is 4.57 Å². The van der Waals surface area contributed by atoms with Gasteiger partial charge in [0.1, 0.15) is 5.82 Å². The fourth-order valence-electron chi connectivity index (χ4n) is 1.73. The number of rotatable bonds is 4. The van der Waals surface area contributed by atoms with E-state index in [1.807, 2.05) is 6.92 Å². The molecule has 0 aliphatic heterocycles. The highest BCUT2D eigenvalue weighted by molar-refractivity contribution is 9.10. The normalized spacial score (nSPS) is 10.6. The van der Waals surface area contributed by atoms with Gasteiger partial charge in [-0.2, -0.15) is 0 Å². The number of hydrogen-bond acceptors (Lipinski definition) is 2. The van der Waals surface area contributed by atoms with E-state index >= 15 is 0 Å². The van der Waals surface area contributed by atoms with Crippen LogP contribution in [0, 0.1) is 5.82 Å². The third kappa shape index (κ3) is 2.51. The number of aromatic nitrogens is 2. The van der Waals surface area contributed by atoms with Gasteiger partial charge in [0.25, 0.3) is 0 Å². The minimum Gasteiger partial charge on any atom is -0.328 e. The fraction of sp³-hybridized carbons (Fsp3) is 0.231. The maximum atomic E-state index is 13.0. The van der Waals surface area contributed by atoms with Crippen LogP contribution in [0.15, 0.2) is 35.1 Å². The predicted octanol–water partition coefficient (Wildman–Crippen LogP) is 3.43. The number of aryl methyl sites for hydroxylation is 1. The molecule has 0 fully saturated rings. The van der Waals surface area contributed by atoms with Crippen LogP contribution in [0.5, 0.6) is 0 Å². The highest BCUT2D eigenvalue weighted by atomic mass is 79.9. The van der Waals surface area contributed by atoms with Crippen molar-refractivity contribution in [2.24, 2.45) is 0 Å². The van der Waals surface area contributed by atoms with Crippen LogP contribution in [0.3, 0.4) is 0 Å². The molecule has 2 rings (SSSR count). The van der Waals surface area contributed by atoms with Crippen molar-refractivity contribution in [3.8, 4) is 0 Å². The van der Waals surface area contributed by atoms with Crippen LogP contribution in [0.4, 0.5) is 4.39 Å². The first kappa shape index (κ1) is 13.0. The maximum absolute atomic E-state index is 13.0. The van der Waals surface area contributed by atoms with Gasteiger partial charge in [0.2, 0.25) is 5.78 Å². The van der Waals surface area contributed by atoms with Crippen molar-refractivity contribution in [3.05, 3.63) is 52.3 Å². The smallest absolute Gasteiger partial charge is 0.229 e. The topological polar surface area (TPSA) is 34.9 Å². The Hall–Kier alpha value is -1.49. The second-order valence-electron chi connectivity index (χ2n) is 3.90. The van der Waals surface area contributed by atoms with E-state index in [1.54, 1.807) is 17.0 Å². The Morgan fingerprint density at radius 2 is 2.28 bits per heavy atom. The van der Waals surface area contributed by atoms with Crippen molar-refractivity contribution in [2.45, 2.75) is 19.9 Å². The average Bonchev–Trinajstić information content (AvgIpc) is 2.77. The summed E-state index contributed by atoms with van der Waals surface area (Å²) in [5.74, 6) is -0.209. The summed E-state index contributed by atoms with van der Waals surface area (Å²) in [5, 5.41) is 0. The van der Waals surface area contributed by atoms with Crippen molar-refractivity contribution in [1.29, 1.82) is 0 Å². The molecule has 0 N–H and O–H groups in total. The lowest BCUT2D eigenvalue weighted by atomic mass is 10.1. The fourth-order valence-corrected chi connectivity index (χ4v) is 2.26. The quantitative estimate of drug-likeness (QED) is 0.811. The minimum absolute atomic E-state index is 0.208. The summed E-state index contributed by atoms with van der Waals surface area (Å²) in [7, 11) is 0. The molecule has 1 aromatic carbocycles. The molecular weight excluding hydrogens is 299 g/mol. The highest BCUT2D eigenvalue weighted by Crippen LogP contribution is 2.20. The molecule has 1 aromatic heterocycles. The van der Waals surface area contributed by atoms with Gasteiger partial charge in [-0.15, -0.1) is 0 Å². The molecule has 0 bridgehead atoms. The van der Waals surface area contributed by atoms with Crippen LogP contribution in [0.1, 0.15) is 29.5 Å². The van der Waals surface area contributed by atoms with Crippen molar-refractivity contribution < 1.29 is 9.18 Å². The number of hydrogen-bond donors (Lipinski definition) is 0. The SMILES string of the molecule is CCCn1ccnc1C(=O)c1ccc(F)cc1Br. The van der Waals surface area contributed by atoms with E-state index < -0.39 is 0 Å². The van der Waals surface area contributed by atoms with E-state index in [2.05, 4.69) is 20.9 Å². The molecule has 3 nitrogen and oxygen atoms in total. The van der Waals surface area contributed by atoms with Gasteiger partial charge in [0, 0.05) is 29.0 Å². The first-order chi connectivity index (χ1) is 8.63. The van der Waals surface area contributed by atoms with E-state index in [-0.39, 0.29) is 11.6 Å². The molecule has 0 amide bonds. The van der Waals surface area contributed by atoms with Crippen LogP contribution >= 0.6 is 15.9 Å². The van der Waals surface area contributed by atoms with Crippen molar-refractivity contribution in [3.63, 3.8) is 0 Å². The van der Waals surface area contributed by atoms with Crippen LogP contribution in [0.25, 0.3) is 0 Å². The first-order valence-electron chi connectivity index (χ1n) is 5.64. The summed E-state index contributed by atoms with van der Waals surface area (Å²) in [6.07, 6.45) is 4.29. The molecule has 0 spiro atoms. The third-order valence-electron chi connectivity index (χ3n) is 2.56. The van der Waals surface area contributed by atoms with E-state index in [1.165, 1.54) is 18.2 Å². The molecule has 0 saturated heterocycles. The van der Waals surface area contributed by atoms with Gasteiger partial charge in [0.15, 0.2) is 5.82 Å². The van der Waals surface area contributed by atoms with Gasteiger partial charge in [-0.3, -0.25) is 4.79 Å². The van der Waals surface area contributed by atoms with E-state index in [0.717, 1.165) is 13.0 Å². The average molecular weight is 311 g/mol. The van der Waals surface area contributed by atoms with Gasteiger partial charge in [-0.25, -0.2) is 9.37 Å². The highest BCUT2D eigenvalue weighted by Gasteiger charge is 2.17. The summed E-state index contributed by atoms with van der Waals surface area (Å²) in [5.41, 5.74) is 0.417. The Morgan fingerprint density at radius 1 is 1.50 bits per heavy atom. The summed E-state index contributed by atoms with van der Waals surface area (Å²) in [6.45, 7) is 2.77. The maximum Gasteiger partial charge on any atom is 0.229 e. The Balaban J connectivity index is 2.38. The summed E-state index contributed by atoms with van der Waals surface area (Å²) >= 11 is 3.20. The lowest BCUT2D eigenvalue weighted by molar-refractivity contribution is 0.102. The number of carbonyl (C=O) groups is 1. The second kappa shape index (κ2) is 5.44.